The molecule has 1 N–H and O–H groups in total. The highest BCUT2D eigenvalue weighted by Gasteiger charge is 2.34. The molecule has 0 amide bonds. The maximum atomic E-state index is 5.42. The average molecular weight is 242 g/mol. The Kier molecular flexibility index (Phi) is 5.90. The van der Waals surface area contributed by atoms with Crippen molar-refractivity contribution in [1.82, 2.24) is 10.2 Å². The van der Waals surface area contributed by atoms with E-state index in [-0.39, 0.29) is 5.54 Å². The lowest BCUT2D eigenvalue weighted by Gasteiger charge is -2.47. The minimum absolute atomic E-state index is 0.275. The number of nitrogens with zero attached hydrogens (tertiary/aromatic N) is 1. The van der Waals surface area contributed by atoms with Crippen LogP contribution < -0.4 is 5.32 Å². The fraction of sp³-hybridized carbons (Fsp3) is 1.00. The second-order valence-electron chi connectivity index (χ2n) is 6.04. The number of ether oxygens (including phenoxy) is 1. The third kappa shape index (κ3) is 4.57. The molecule has 0 aliphatic carbocycles. The molecule has 102 valence electrons. The highest BCUT2D eigenvalue weighted by Crippen LogP contribution is 2.21. The van der Waals surface area contributed by atoms with E-state index in [0.29, 0.717) is 12.0 Å². The van der Waals surface area contributed by atoms with Gasteiger partial charge < -0.3 is 10.1 Å². The van der Waals surface area contributed by atoms with E-state index in [1.807, 2.05) is 0 Å². The van der Waals surface area contributed by atoms with Crippen LogP contribution in [0, 0.1) is 5.92 Å². The van der Waals surface area contributed by atoms with Crippen LogP contribution in [0.5, 0.6) is 0 Å². The molecule has 0 bridgehead atoms. The number of hydrogen-bond donors (Lipinski definition) is 1. The first-order chi connectivity index (χ1) is 7.97. The molecular formula is C14H30N2O. The topological polar surface area (TPSA) is 24.5 Å². The normalized spacial score (nSPS) is 25.4. The first kappa shape index (κ1) is 14.9. The zero-order chi connectivity index (χ0) is 12.9. The van der Waals surface area contributed by atoms with Gasteiger partial charge in [-0.05, 0) is 33.1 Å². The van der Waals surface area contributed by atoms with Gasteiger partial charge in [0.15, 0.2) is 0 Å². The standard InChI is InChI=1S/C14H30N2O/c1-6-17-9-7-8-16-10-13(12(2)3)15-11-14(16,4)5/h12-13,15H,6-11H2,1-5H3. The molecule has 1 rings (SSSR count). The summed E-state index contributed by atoms with van der Waals surface area (Å²) in [5.74, 6) is 0.709. The lowest BCUT2D eigenvalue weighted by atomic mass is 9.93. The highest BCUT2D eigenvalue weighted by molar-refractivity contribution is 4.93. The second kappa shape index (κ2) is 6.72. The van der Waals surface area contributed by atoms with E-state index in [1.165, 1.54) is 0 Å². The van der Waals surface area contributed by atoms with Crippen LogP contribution in [0.15, 0.2) is 0 Å². The van der Waals surface area contributed by atoms with Crippen molar-refractivity contribution in [2.24, 2.45) is 5.92 Å². The Morgan fingerprint density at radius 2 is 2.12 bits per heavy atom. The van der Waals surface area contributed by atoms with Crippen LogP contribution in [0.4, 0.5) is 0 Å². The van der Waals surface area contributed by atoms with Gasteiger partial charge in [0.2, 0.25) is 0 Å². The molecule has 17 heavy (non-hydrogen) atoms. The average Bonchev–Trinajstić information content (AvgIpc) is 2.25. The lowest BCUT2D eigenvalue weighted by Crippen LogP contribution is -2.63. The number of hydrogen-bond acceptors (Lipinski definition) is 3. The van der Waals surface area contributed by atoms with Crippen LogP contribution in [0.2, 0.25) is 0 Å². The van der Waals surface area contributed by atoms with Crippen LogP contribution in [0.3, 0.4) is 0 Å². The SMILES string of the molecule is CCOCCCN1CC(C(C)C)NCC1(C)C. The molecule has 0 saturated carbocycles. The Hall–Kier alpha value is -0.120. The predicted molar refractivity (Wildman–Crippen MR) is 73.4 cm³/mol. The minimum Gasteiger partial charge on any atom is -0.382 e. The molecular weight excluding hydrogens is 212 g/mol. The predicted octanol–water partition coefficient (Wildman–Crippen LogP) is 2.12. The van der Waals surface area contributed by atoms with Crippen molar-refractivity contribution in [1.29, 1.82) is 0 Å². The van der Waals surface area contributed by atoms with Crippen molar-refractivity contribution in [3.63, 3.8) is 0 Å². The van der Waals surface area contributed by atoms with Gasteiger partial charge >= 0.3 is 0 Å². The molecule has 1 aliphatic rings. The molecule has 0 spiro atoms. The minimum atomic E-state index is 0.275. The van der Waals surface area contributed by atoms with Gasteiger partial charge in [-0.25, -0.2) is 0 Å². The molecule has 1 aliphatic heterocycles. The van der Waals surface area contributed by atoms with Crippen molar-refractivity contribution < 1.29 is 4.74 Å². The van der Waals surface area contributed by atoms with Crippen molar-refractivity contribution in [2.45, 2.75) is 52.6 Å². The molecule has 0 radical (unpaired) electrons. The van der Waals surface area contributed by atoms with E-state index in [4.69, 9.17) is 4.74 Å². The molecule has 1 saturated heterocycles. The first-order valence-corrected chi connectivity index (χ1v) is 7.03. The molecule has 3 heteroatoms. The third-order valence-corrected chi connectivity index (χ3v) is 3.80. The Balaban J connectivity index is 2.41. The van der Waals surface area contributed by atoms with Gasteiger partial charge in [-0.15, -0.1) is 0 Å². The fourth-order valence-corrected chi connectivity index (χ4v) is 2.38. The molecule has 0 aromatic rings. The summed E-state index contributed by atoms with van der Waals surface area (Å²) in [6.45, 7) is 16.4. The van der Waals surface area contributed by atoms with E-state index in [1.54, 1.807) is 0 Å². The van der Waals surface area contributed by atoms with Gasteiger partial charge in [-0.3, -0.25) is 4.90 Å². The number of nitrogens with one attached hydrogen (secondary N) is 1. The van der Waals surface area contributed by atoms with E-state index in [9.17, 15) is 0 Å². The quantitative estimate of drug-likeness (QED) is 0.722. The third-order valence-electron chi connectivity index (χ3n) is 3.80. The summed E-state index contributed by atoms with van der Waals surface area (Å²) in [6.07, 6.45) is 1.14. The Bertz CT molecular complexity index is 216. The van der Waals surface area contributed by atoms with Gasteiger partial charge in [0.25, 0.3) is 0 Å². The maximum absolute atomic E-state index is 5.42. The Morgan fingerprint density at radius 1 is 1.41 bits per heavy atom. The van der Waals surface area contributed by atoms with E-state index < -0.39 is 0 Å². The van der Waals surface area contributed by atoms with Crippen molar-refractivity contribution in [3.05, 3.63) is 0 Å². The molecule has 0 aromatic carbocycles. The van der Waals surface area contributed by atoms with E-state index in [2.05, 4.69) is 44.8 Å². The van der Waals surface area contributed by atoms with Gasteiger partial charge in [0, 0.05) is 44.4 Å². The molecule has 0 aromatic heterocycles. The molecule has 3 nitrogen and oxygen atoms in total. The van der Waals surface area contributed by atoms with Crippen LogP contribution in [-0.4, -0.2) is 49.3 Å². The molecule has 1 fully saturated rings. The number of rotatable bonds is 6. The summed E-state index contributed by atoms with van der Waals surface area (Å²) in [4.78, 5) is 2.62. The summed E-state index contributed by atoms with van der Waals surface area (Å²) < 4.78 is 5.42. The lowest BCUT2D eigenvalue weighted by molar-refractivity contribution is 0.0430. The smallest absolute Gasteiger partial charge is 0.0478 e. The zero-order valence-electron chi connectivity index (χ0n) is 12.3. The summed E-state index contributed by atoms with van der Waals surface area (Å²) in [5, 5.41) is 3.67. The van der Waals surface area contributed by atoms with Crippen molar-refractivity contribution in [2.75, 3.05) is 32.8 Å². The van der Waals surface area contributed by atoms with Gasteiger partial charge in [0.05, 0.1) is 0 Å². The maximum Gasteiger partial charge on any atom is 0.0478 e. The van der Waals surface area contributed by atoms with Crippen molar-refractivity contribution in [3.8, 4) is 0 Å². The summed E-state index contributed by atoms with van der Waals surface area (Å²) in [7, 11) is 0. The van der Waals surface area contributed by atoms with Crippen LogP contribution >= 0.6 is 0 Å². The monoisotopic (exact) mass is 242 g/mol. The van der Waals surface area contributed by atoms with Crippen LogP contribution in [-0.2, 0) is 4.74 Å². The van der Waals surface area contributed by atoms with Crippen LogP contribution in [0.1, 0.15) is 41.0 Å². The number of piperazine rings is 1. The van der Waals surface area contributed by atoms with Gasteiger partial charge in [0.1, 0.15) is 0 Å². The zero-order valence-corrected chi connectivity index (χ0v) is 12.3. The largest absolute Gasteiger partial charge is 0.382 e. The highest BCUT2D eigenvalue weighted by atomic mass is 16.5. The van der Waals surface area contributed by atoms with E-state index in [0.717, 1.165) is 39.3 Å². The summed E-state index contributed by atoms with van der Waals surface area (Å²) >= 11 is 0. The van der Waals surface area contributed by atoms with Crippen LogP contribution in [0.25, 0.3) is 0 Å². The first-order valence-electron chi connectivity index (χ1n) is 7.03. The van der Waals surface area contributed by atoms with Gasteiger partial charge in [-0.1, -0.05) is 13.8 Å². The molecule has 1 unspecified atom stereocenters. The molecule has 1 heterocycles. The van der Waals surface area contributed by atoms with Crippen molar-refractivity contribution >= 4 is 0 Å². The van der Waals surface area contributed by atoms with Gasteiger partial charge in [-0.2, -0.15) is 0 Å². The fourth-order valence-electron chi connectivity index (χ4n) is 2.38. The summed E-state index contributed by atoms with van der Waals surface area (Å²) in [6, 6.07) is 0.634. The Labute approximate surface area is 107 Å². The Morgan fingerprint density at radius 3 is 2.71 bits per heavy atom. The molecule has 1 atom stereocenters. The van der Waals surface area contributed by atoms with E-state index >= 15 is 0 Å². The second-order valence-corrected chi connectivity index (χ2v) is 6.04. The summed E-state index contributed by atoms with van der Waals surface area (Å²) in [5.41, 5.74) is 0.275.